The molecule has 1 saturated heterocycles. The predicted octanol–water partition coefficient (Wildman–Crippen LogP) is 2.27. The van der Waals surface area contributed by atoms with Crippen molar-refractivity contribution in [1.82, 2.24) is 24.5 Å². The van der Waals surface area contributed by atoms with Crippen LogP contribution in [0, 0.1) is 5.92 Å². The van der Waals surface area contributed by atoms with Crippen molar-refractivity contribution >= 4 is 0 Å². The zero-order valence-corrected chi connectivity index (χ0v) is 19.9. The molecule has 34 heavy (non-hydrogen) atoms. The summed E-state index contributed by atoms with van der Waals surface area (Å²) in [5.41, 5.74) is 3.67. The standard InChI is InChI=1S/C25H31N5O4/c1-28-10-18-8-20(13-28)22-6-5-19(25(31)30(22)12-18)15-34-16-21-14-29(27-26-21)11-17-4-7-23(32-2)24(9-17)33-3/h4-7,9,14,18,20H,8,10-13,15-16H2,1-3H3/t18-,20+/m0/s1. The van der Waals surface area contributed by atoms with Crippen LogP contribution in [0.3, 0.4) is 0 Å². The Morgan fingerprint density at radius 1 is 1.03 bits per heavy atom. The van der Waals surface area contributed by atoms with Gasteiger partial charge in [-0.05, 0) is 49.2 Å². The van der Waals surface area contributed by atoms with Gasteiger partial charge >= 0.3 is 0 Å². The zero-order valence-electron chi connectivity index (χ0n) is 19.9. The third-order valence-corrected chi connectivity index (χ3v) is 6.75. The van der Waals surface area contributed by atoms with E-state index in [0.717, 1.165) is 36.6 Å². The number of ether oxygens (including phenoxy) is 3. The number of likely N-dealkylation sites (N-methyl/N-ethyl adjacent to an activating group) is 1. The number of aromatic nitrogens is 4. The number of likely N-dealkylation sites (tertiary alicyclic amines) is 1. The molecular weight excluding hydrogens is 434 g/mol. The fourth-order valence-corrected chi connectivity index (χ4v) is 5.25. The summed E-state index contributed by atoms with van der Waals surface area (Å²) in [5.74, 6) is 2.36. The summed E-state index contributed by atoms with van der Waals surface area (Å²) in [6, 6.07) is 9.80. The van der Waals surface area contributed by atoms with Crippen LogP contribution in [0.5, 0.6) is 11.5 Å². The van der Waals surface area contributed by atoms with Crippen LogP contribution in [-0.2, 0) is 31.0 Å². The molecule has 0 radical (unpaired) electrons. The van der Waals surface area contributed by atoms with Gasteiger partial charge in [-0.1, -0.05) is 11.3 Å². The van der Waals surface area contributed by atoms with Gasteiger partial charge in [-0.15, -0.1) is 5.10 Å². The highest BCUT2D eigenvalue weighted by Gasteiger charge is 2.33. The van der Waals surface area contributed by atoms with E-state index in [1.165, 1.54) is 6.42 Å². The van der Waals surface area contributed by atoms with Gasteiger partial charge in [0.15, 0.2) is 11.5 Å². The van der Waals surface area contributed by atoms with Gasteiger partial charge in [0.05, 0.1) is 40.2 Å². The van der Waals surface area contributed by atoms with Crippen molar-refractivity contribution in [3.8, 4) is 11.5 Å². The fraction of sp³-hybridized carbons (Fsp3) is 0.480. The fourth-order valence-electron chi connectivity index (χ4n) is 5.25. The molecule has 180 valence electrons. The van der Waals surface area contributed by atoms with Crippen molar-refractivity contribution in [3.05, 3.63) is 69.4 Å². The summed E-state index contributed by atoms with van der Waals surface area (Å²) < 4.78 is 20.2. The van der Waals surface area contributed by atoms with Gasteiger partial charge in [0, 0.05) is 36.8 Å². The van der Waals surface area contributed by atoms with Gasteiger partial charge in [0.25, 0.3) is 5.56 Å². The molecule has 1 fully saturated rings. The highest BCUT2D eigenvalue weighted by Crippen LogP contribution is 2.34. The van der Waals surface area contributed by atoms with Crippen LogP contribution in [0.1, 0.15) is 34.9 Å². The number of methoxy groups -OCH3 is 2. The lowest BCUT2D eigenvalue weighted by Gasteiger charge is -2.41. The number of fused-ring (bicyclic) bond motifs is 4. The molecule has 0 unspecified atom stereocenters. The van der Waals surface area contributed by atoms with E-state index in [9.17, 15) is 4.79 Å². The van der Waals surface area contributed by atoms with E-state index in [0.29, 0.717) is 42.0 Å². The van der Waals surface area contributed by atoms with Crippen LogP contribution in [0.25, 0.3) is 0 Å². The van der Waals surface area contributed by atoms with Crippen molar-refractivity contribution < 1.29 is 14.2 Å². The Kier molecular flexibility index (Phi) is 6.38. The van der Waals surface area contributed by atoms with Gasteiger partial charge < -0.3 is 23.7 Å². The van der Waals surface area contributed by atoms with Crippen LogP contribution in [0.4, 0.5) is 0 Å². The first kappa shape index (κ1) is 22.6. The first-order chi connectivity index (χ1) is 16.5. The molecular formula is C25H31N5O4. The second kappa shape index (κ2) is 9.60. The van der Waals surface area contributed by atoms with Crippen molar-refractivity contribution in [2.75, 3.05) is 34.4 Å². The van der Waals surface area contributed by atoms with Crippen molar-refractivity contribution in [2.45, 2.75) is 38.6 Å². The number of rotatable bonds is 8. The maximum atomic E-state index is 13.1. The summed E-state index contributed by atoms with van der Waals surface area (Å²) in [4.78, 5) is 15.5. The third kappa shape index (κ3) is 4.58. The van der Waals surface area contributed by atoms with Crippen LogP contribution < -0.4 is 15.0 Å². The molecule has 0 spiro atoms. The summed E-state index contributed by atoms with van der Waals surface area (Å²) in [6.07, 6.45) is 3.03. The lowest BCUT2D eigenvalue weighted by atomic mass is 9.83. The molecule has 2 aromatic heterocycles. The van der Waals surface area contributed by atoms with Crippen molar-refractivity contribution in [3.63, 3.8) is 0 Å². The molecule has 4 heterocycles. The van der Waals surface area contributed by atoms with Crippen LogP contribution in [-0.4, -0.2) is 58.8 Å². The smallest absolute Gasteiger partial charge is 0.256 e. The minimum absolute atomic E-state index is 0.0776. The second-order valence-corrected chi connectivity index (χ2v) is 9.31. The average molecular weight is 466 g/mol. The van der Waals surface area contributed by atoms with E-state index in [-0.39, 0.29) is 12.2 Å². The zero-order chi connectivity index (χ0) is 23.7. The van der Waals surface area contributed by atoms with Crippen molar-refractivity contribution in [2.24, 2.45) is 5.92 Å². The molecule has 5 rings (SSSR count). The van der Waals surface area contributed by atoms with Crippen LogP contribution in [0.15, 0.2) is 41.3 Å². The molecule has 0 aliphatic carbocycles. The van der Waals surface area contributed by atoms with Gasteiger partial charge in [-0.2, -0.15) is 0 Å². The summed E-state index contributed by atoms with van der Waals surface area (Å²) in [6.45, 7) is 3.98. The minimum atomic E-state index is 0.0776. The van der Waals surface area contributed by atoms with E-state index in [1.807, 2.05) is 35.0 Å². The maximum Gasteiger partial charge on any atom is 0.256 e. The Morgan fingerprint density at radius 2 is 1.88 bits per heavy atom. The minimum Gasteiger partial charge on any atom is -0.493 e. The largest absolute Gasteiger partial charge is 0.493 e. The van der Waals surface area contributed by atoms with E-state index < -0.39 is 0 Å². The molecule has 9 heteroatoms. The Hall–Kier alpha value is -3.17. The monoisotopic (exact) mass is 465 g/mol. The Balaban J connectivity index is 1.20. The molecule has 0 saturated carbocycles. The first-order valence-electron chi connectivity index (χ1n) is 11.6. The normalized spacial score (nSPS) is 19.6. The van der Waals surface area contributed by atoms with Gasteiger partial charge in [0.1, 0.15) is 5.69 Å². The Labute approximate surface area is 198 Å². The van der Waals surface area contributed by atoms with E-state index in [1.54, 1.807) is 18.9 Å². The topological polar surface area (TPSA) is 83.6 Å². The number of pyridine rings is 1. The average Bonchev–Trinajstić information content (AvgIpc) is 3.27. The van der Waals surface area contributed by atoms with Crippen molar-refractivity contribution in [1.29, 1.82) is 0 Å². The number of hydrogen-bond donors (Lipinski definition) is 0. The van der Waals surface area contributed by atoms with Crippen LogP contribution in [0.2, 0.25) is 0 Å². The Bertz CT molecular complexity index is 1220. The molecule has 2 atom stereocenters. The highest BCUT2D eigenvalue weighted by atomic mass is 16.5. The lowest BCUT2D eigenvalue weighted by Crippen LogP contribution is -2.46. The molecule has 2 aliphatic rings. The summed E-state index contributed by atoms with van der Waals surface area (Å²) >= 11 is 0. The van der Waals surface area contributed by atoms with Crippen LogP contribution >= 0.6 is 0 Å². The second-order valence-electron chi connectivity index (χ2n) is 9.31. The Morgan fingerprint density at radius 3 is 2.71 bits per heavy atom. The molecule has 9 nitrogen and oxygen atoms in total. The van der Waals surface area contributed by atoms with Gasteiger partial charge in [0.2, 0.25) is 0 Å². The molecule has 1 aromatic carbocycles. The predicted molar refractivity (Wildman–Crippen MR) is 126 cm³/mol. The van der Waals surface area contributed by atoms with E-state index >= 15 is 0 Å². The SMILES string of the molecule is COc1ccc(Cn2cc(COCc3ccc4n(c3=O)C[C@H]3C[C@@H]4CN(C)C3)nn2)cc1OC. The molecule has 0 N–H and O–H groups in total. The summed E-state index contributed by atoms with van der Waals surface area (Å²) in [7, 11) is 5.40. The quantitative estimate of drug-likeness (QED) is 0.505. The number of piperidine rings is 1. The number of nitrogens with zero attached hydrogens (tertiary/aromatic N) is 5. The third-order valence-electron chi connectivity index (χ3n) is 6.75. The first-order valence-corrected chi connectivity index (χ1v) is 11.6. The molecule has 0 amide bonds. The molecule has 2 bridgehead atoms. The maximum absolute atomic E-state index is 13.1. The van der Waals surface area contributed by atoms with E-state index in [2.05, 4.69) is 28.3 Å². The highest BCUT2D eigenvalue weighted by molar-refractivity contribution is 5.42. The molecule has 2 aliphatic heterocycles. The number of hydrogen-bond acceptors (Lipinski definition) is 7. The summed E-state index contributed by atoms with van der Waals surface area (Å²) in [5, 5.41) is 8.40. The van der Waals surface area contributed by atoms with Gasteiger partial charge in [-0.25, -0.2) is 4.68 Å². The number of benzene rings is 1. The lowest BCUT2D eigenvalue weighted by molar-refractivity contribution is 0.102. The van der Waals surface area contributed by atoms with Gasteiger partial charge in [-0.3, -0.25) is 4.79 Å². The van der Waals surface area contributed by atoms with E-state index in [4.69, 9.17) is 14.2 Å². The molecule has 3 aromatic rings.